The van der Waals surface area contributed by atoms with Crippen LogP contribution in [-0.2, 0) is 14.8 Å². The Morgan fingerprint density at radius 1 is 1.33 bits per heavy atom. The molecule has 27 heavy (non-hydrogen) atoms. The molecule has 1 atom stereocenters. The first-order valence-electron chi connectivity index (χ1n) is 8.65. The van der Waals surface area contributed by atoms with Gasteiger partial charge < -0.3 is 5.32 Å². The Labute approximate surface area is 158 Å². The maximum atomic E-state index is 13.0. The summed E-state index contributed by atoms with van der Waals surface area (Å²) in [5.74, 6) is -0.656. The largest absolute Gasteiger partial charge is 0.326 e. The Bertz CT molecular complexity index is 969. The fourth-order valence-corrected chi connectivity index (χ4v) is 5.15. The smallest absolute Gasteiger partial charge is 0.246 e. The number of nitrogens with zero attached hydrogens (tertiary/aromatic N) is 3. The highest BCUT2D eigenvalue weighted by Crippen LogP contribution is 2.27. The summed E-state index contributed by atoms with van der Waals surface area (Å²) in [5.41, 5.74) is 2.02. The molecule has 3 rings (SSSR count). The number of benzene rings is 1. The Balaban J connectivity index is 1.73. The molecule has 1 amide bonds. The van der Waals surface area contributed by atoms with Crippen LogP contribution < -0.4 is 5.32 Å². The monoisotopic (exact) mass is 387 g/mol. The number of hydrogen-bond donors (Lipinski definition) is 2. The van der Waals surface area contributed by atoms with Crippen molar-refractivity contribution in [2.24, 2.45) is 5.92 Å². The number of piperidine rings is 1. The van der Waals surface area contributed by atoms with Crippen molar-refractivity contribution in [3.05, 3.63) is 41.2 Å². The van der Waals surface area contributed by atoms with E-state index in [9.17, 15) is 13.2 Å². The van der Waals surface area contributed by atoms with Crippen molar-refractivity contribution in [1.82, 2.24) is 14.5 Å². The van der Waals surface area contributed by atoms with E-state index >= 15 is 0 Å². The quantitative estimate of drug-likeness (QED) is 0.831. The van der Waals surface area contributed by atoms with E-state index in [0.29, 0.717) is 42.0 Å². The lowest BCUT2D eigenvalue weighted by molar-refractivity contribution is -0.120. The van der Waals surface area contributed by atoms with Crippen LogP contribution in [0.5, 0.6) is 0 Å². The average Bonchev–Trinajstić information content (AvgIpc) is 3.01. The normalized spacial score (nSPS) is 18.0. The predicted molar refractivity (Wildman–Crippen MR) is 99.3 cm³/mol. The van der Waals surface area contributed by atoms with Gasteiger partial charge in [-0.15, -0.1) is 0 Å². The zero-order valence-corrected chi connectivity index (χ0v) is 16.0. The number of carbonyl (C=O) groups excluding carboxylic acids is 1. The van der Waals surface area contributed by atoms with E-state index in [1.807, 2.05) is 6.07 Å². The van der Waals surface area contributed by atoms with Gasteiger partial charge in [-0.2, -0.15) is 14.7 Å². The Kier molecular flexibility index (Phi) is 5.30. The molecule has 2 heterocycles. The maximum absolute atomic E-state index is 13.0. The summed E-state index contributed by atoms with van der Waals surface area (Å²) in [6.45, 7) is 3.84. The summed E-state index contributed by atoms with van der Waals surface area (Å²) in [5, 5.41) is 18.3. The number of anilines is 1. The third-order valence-corrected chi connectivity index (χ3v) is 6.82. The van der Waals surface area contributed by atoms with Crippen molar-refractivity contribution in [3.63, 3.8) is 0 Å². The van der Waals surface area contributed by atoms with Crippen molar-refractivity contribution >= 4 is 21.6 Å². The van der Waals surface area contributed by atoms with Crippen LogP contribution in [-0.4, -0.2) is 41.9 Å². The van der Waals surface area contributed by atoms with Crippen LogP contribution in [0.3, 0.4) is 0 Å². The van der Waals surface area contributed by atoms with E-state index in [-0.39, 0.29) is 17.3 Å². The topological polar surface area (TPSA) is 119 Å². The molecule has 2 N–H and O–H groups in total. The summed E-state index contributed by atoms with van der Waals surface area (Å²) in [4.78, 5) is 12.8. The lowest BCUT2D eigenvalue weighted by Gasteiger charge is -2.31. The number of amides is 1. The van der Waals surface area contributed by atoms with Crippen LogP contribution in [0, 0.1) is 31.1 Å². The number of aryl methyl sites for hydroxylation is 2. The minimum atomic E-state index is -3.70. The number of sulfonamides is 1. The fraction of sp³-hybridized carbons (Fsp3) is 0.389. The summed E-state index contributed by atoms with van der Waals surface area (Å²) < 4.78 is 27.3. The van der Waals surface area contributed by atoms with Gasteiger partial charge in [-0.25, -0.2) is 8.42 Å². The van der Waals surface area contributed by atoms with E-state index in [4.69, 9.17) is 5.26 Å². The molecule has 1 aliphatic rings. The number of H-pyrrole nitrogens is 1. The van der Waals surface area contributed by atoms with Crippen LogP contribution in [0.4, 0.5) is 5.69 Å². The minimum Gasteiger partial charge on any atom is -0.326 e. The first-order chi connectivity index (χ1) is 12.8. The lowest BCUT2D eigenvalue weighted by atomic mass is 9.98. The Hall–Kier alpha value is -2.70. The predicted octanol–water partition coefficient (Wildman–Crippen LogP) is 1.94. The molecule has 1 unspecified atom stereocenters. The van der Waals surface area contributed by atoms with Crippen molar-refractivity contribution in [2.75, 3.05) is 18.4 Å². The van der Waals surface area contributed by atoms with Crippen LogP contribution in [0.2, 0.25) is 0 Å². The van der Waals surface area contributed by atoms with Crippen molar-refractivity contribution in [3.8, 4) is 6.07 Å². The molecule has 1 fully saturated rings. The second kappa shape index (κ2) is 7.50. The fourth-order valence-electron chi connectivity index (χ4n) is 3.30. The summed E-state index contributed by atoms with van der Waals surface area (Å²) in [6.07, 6.45) is 1.23. The van der Waals surface area contributed by atoms with Gasteiger partial charge in [0.1, 0.15) is 4.90 Å². The zero-order valence-electron chi connectivity index (χ0n) is 15.2. The molecule has 0 radical (unpaired) electrons. The van der Waals surface area contributed by atoms with Gasteiger partial charge in [0, 0.05) is 18.8 Å². The number of aromatic amines is 1. The van der Waals surface area contributed by atoms with E-state index in [1.54, 1.807) is 38.1 Å². The number of nitriles is 1. The van der Waals surface area contributed by atoms with E-state index < -0.39 is 15.9 Å². The number of aromatic nitrogens is 2. The summed E-state index contributed by atoms with van der Waals surface area (Å²) in [7, 11) is -3.70. The molecule has 2 aromatic rings. The van der Waals surface area contributed by atoms with Crippen LogP contribution in [0.25, 0.3) is 0 Å². The highest BCUT2D eigenvalue weighted by atomic mass is 32.2. The molecule has 0 spiro atoms. The molecule has 8 nitrogen and oxygen atoms in total. The molecular formula is C18H21N5O3S. The second-order valence-corrected chi connectivity index (χ2v) is 8.52. The standard InChI is InChI=1S/C18H21N5O3S/c1-12-17(13(2)22-21-12)27(25,26)23-9-3-4-15(11-23)18(24)20-16-7-5-14(10-19)6-8-16/h5-8,15H,3-4,9,11H2,1-2H3,(H,20,24)(H,21,22). The molecular weight excluding hydrogens is 366 g/mol. The molecule has 0 saturated carbocycles. The first kappa shape index (κ1) is 19.1. The molecule has 1 aliphatic heterocycles. The second-order valence-electron chi connectivity index (χ2n) is 6.64. The first-order valence-corrected chi connectivity index (χ1v) is 10.1. The van der Waals surface area contributed by atoms with Gasteiger partial charge in [0.2, 0.25) is 15.9 Å². The highest BCUT2D eigenvalue weighted by Gasteiger charge is 2.35. The molecule has 0 aliphatic carbocycles. The Morgan fingerprint density at radius 3 is 2.63 bits per heavy atom. The molecule has 142 valence electrons. The van der Waals surface area contributed by atoms with Gasteiger partial charge in [-0.1, -0.05) is 0 Å². The van der Waals surface area contributed by atoms with Crippen molar-refractivity contribution in [1.29, 1.82) is 5.26 Å². The number of nitrogens with one attached hydrogen (secondary N) is 2. The van der Waals surface area contributed by atoms with Crippen LogP contribution >= 0.6 is 0 Å². The van der Waals surface area contributed by atoms with Gasteiger partial charge >= 0.3 is 0 Å². The van der Waals surface area contributed by atoms with Gasteiger partial charge in [0.05, 0.1) is 28.9 Å². The van der Waals surface area contributed by atoms with Crippen LogP contribution in [0.15, 0.2) is 29.2 Å². The molecule has 1 aromatic heterocycles. The molecule has 1 saturated heterocycles. The van der Waals surface area contributed by atoms with Gasteiger partial charge in [-0.05, 0) is 51.0 Å². The maximum Gasteiger partial charge on any atom is 0.246 e. The van der Waals surface area contributed by atoms with Crippen molar-refractivity contribution < 1.29 is 13.2 Å². The van der Waals surface area contributed by atoms with Gasteiger partial charge in [0.25, 0.3) is 0 Å². The molecule has 9 heteroatoms. The molecule has 0 bridgehead atoms. The van der Waals surface area contributed by atoms with E-state index in [2.05, 4.69) is 15.5 Å². The zero-order chi connectivity index (χ0) is 19.6. The third-order valence-electron chi connectivity index (χ3n) is 4.69. The van der Waals surface area contributed by atoms with E-state index in [0.717, 1.165) is 0 Å². The number of hydrogen-bond acceptors (Lipinski definition) is 5. The number of rotatable bonds is 4. The third kappa shape index (κ3) is 3.86. The van der Waals surface area contributed by atoms with Gasteiger partial charge in [-0.3, -0.25) is 9.89 Å². The minimum absolute atomic E-state index is 0.133. The summed E-state index contributed by atoms with van der Waals surface area (Å²) >= 11 is 0. The highest BCUT2D eigenvalue weighted by molar-refractivity contribution is 7.89. The van der Waals surface area contributed by atoms with Gasteiger partial charge in [0.15, 0.2) is 0 Å². The van der Waals surface area contributed by atoms with Crippen LogP contribution in [0.1, 0.15) is 29.8 Å². The summed E-state index contributed by atoms with van der Waals surface area (Å²) in [6, 6.07) is 8.58. The Morgan fingerprint density at radius 2 is 2.04 bits per heavy atom. The molecule has 1 aromatic carbocycles. The van der Waals surface area contributed by atoms with E-state index in [1.165, 1.54) is 4.31 Å². The average molecular weight is 387 g/mol. The number of carbonyl (C=O) groups is 1. The van der Waals surface area contributed by atoms with Crippen molar-refractivity contribution in [2.45, 2.75) is 31.6 Å². The lowest BCUT2D eigenvalue weighted by Crippen LogP contribution is -2.43. The SMILES string of the molecule is Cc1n[nH]c(C)c1S(=O)(=O)N1CCCC(C(=O)Nc2ccc(C#N)cc2)C1.